The van der Waals surface area contributed by atoms with Crippen LogP contribution in [0.5, 0.6) is 0 Å². The van der Waals surface area contributed by atoms with Gasteiger partial charge in [-0.2, -0.15) is 0 Å². The number of halogens is 2. The average molecular weight is 256 g/mol. The van der Waals surface area contributed by atoms with E-state index in [1.165, 1.54) is 12.1 Å². The Balaban J connectivity index is 2.70. The highest BCUT2D eigenvalue weighted by molar-refractivity contribution is 5.78. The van der Waals surface area contributed by atoms with E-state index >= 15 is 0 Å². The van der Waals surface area contributed by atoms with Crippen LogP contribution in [0.1, 0.15) is 31.9 Å². The Morgan fingerprint density at radius 1 is 1.39 bits per heavy atom. The molecule has 0 aliphatic carbocycles. The van der Waals surface area contributed by atoms with E-state index in [-0.39, 0.29) is 17.4 Å². The summed E-state index contributed by atoms with van der Waals surface area (Å²) in [7, 11) is 0. The molecule has 3 N–H and O–H groups in total. The van der Waals surface area contributed by atoms with Gasteiger partial charge in [0.15, 0.2) is 0 Å². The molecule has 1 amide bonds. The zero-order valence-corrected chi connectivity index (χ0v) is 10.5. The van der Waals surface area contributed by atoms with Crippen molar-refractivity contribution < 1.29 is 13.6 Å². The molecule has 0 aliphatic heterocycles. The zero-order chi connectivity index (χ0) is 13.7. The van der Waals surface area contributed by atoms with Crippen LogP contribution >= 0.6 is 0 Å². The number of nitrogens with one attached hydrogen (secondary N) is 1. The topological polar surface area (TPSA) is 55.1 Å². The van der Waals surface area contributed by atoms with E-state index < -0.39 is 17.7 Å². The molecule has 3 nitrogen and oxygen atoms in total. The lowest BCUT2D eigenvalue weighted by molar-refractivity contribution is -0.125. The number of hydrogen-bond acceptors (Lipinski definition) is 2. The van der Waals surface area contributed by atoms with Crippen molar-refractivity contribution in [1.82, 2.24) is 5.32 Å². The smallest absolute Gasteiger partial charge is 0.223 e. The van der Waals surface area contributed by atoms with E-state index in [0.717, 1.165) is 6.07 Å². The predicted molar refractivity (Wildman–Crippen MR) is 65.8 cm³/mol. The van der Waals surface area contributed by atoms with Crippen LogP contribution in [0.3, 0.4) is 0 Å². The molecule has 0 saturated heterocycles. The summed E-state index contributed by atoms with van der Waals surface area (Å²) in [5, 5.41) is 2.68. The Labute approximate surface area is 105 Å². The lowest BCUT2D eigenvalue weighted by Crippen LogP contribution is -2.32. The van der Waals surface area contributed by atoms with Crippen molar-refractivity contribution in [2.75, 3.05) is 6.54 Å². The summed E-state index contributed by atoms with van der Waals surface area (Å²) in [5.41, 5.74) is 5.64. The first-order valence-electron chi connectivity index (χ1n) is 5.91. The summed E-state index contributed by atoms with van der Waals surface area (Å²) in [6.07, 6.45) is 0.574. The number of amides is 1. The fraction of sp³-hybridized carbons (Fsp3) is 0.462. The second kappa shape index (κ2) is 6.44. The van der Waals surface area contributed by atoms with Crippen molar-refractivity contribution in [2.24, 2.45) is 11.7 Å². The molecule has 0 fully saturated rings. The maximum atomic E-state index is 13.5. The second-order valence-corrected chi connectivity index (χ2v) is 4.37. The van der Waals surface area contributed by atoms with Gasteiger partial charge < -0.3 is 11.1 Å². The minimum atomic E-state index is -0.658. The van der Waals surface area contributed by atoms with Gasteiger partial charge in [0.05, 0.1) is 6.04 Å². The van der Waals surface area contributed by atoms with Crippen LogP contribution in [0.15, 0.2) is 18.2 Å². The molecule has 1 aromatic carbocycles. The highest BCUT2D eigenvalue weighted by atomic mass is 19.1. The van der Waals surface area contributed by atoms with Gasteiger partial charge in [-0.1, -0.05) is 13.0 Å². The van der Waals surface area contributed by atoms with Crippen LogP contribution in [0.4, 0.5) is 8.78 Å². The molecule has 0 heterocycles. The quantitative estimate of drug-likeness (QED) is 0.848. The van der Waals surface area contributed by atoms with E-state index in [9.17, 15) is 13.6 Å². The number of nitrogens with two attached hydrogens (primary N) is 1. The van der Waals surface area contributed by atoms with E-state index in [2.05, 4.69) is 5.32 Å². The number of rotatable bonds is 5. The molecule has 0 aliphatic rings. The summed E-state index contributed by atoms with van der Waals surface area (Å²) in [6.45, 7) is 3.84. The highest BCUT2D eigenvalue weighted by Gasteiger charge is 2.17. The second-order valence-electron chi connectivity index (χ2n) is 4.37. The molecule has 1 aromatic rings. The number of benzene rings is 1. The standard InChI is InChI=1S/C13H18F2N2O/c1-8(5-6-16)13(18)17-9(2)11-4-3-10(14)7-12(11)15/h3-4,7-9H,5-6,16H2,1-2H3,(H,17,18). The normalized spacial score (nSPS) is 14.1. The van der Waals surface area contributed by atoms with Gasteiger partial charge in [-0.3, -0.25) is 4.79 Å². The first-order chi connectivity index (χ1) is 8.45. The monoisotopic (exact) mass is 256 g/mol. The van der Waals surface area contributed by atoms with Gasteiger partial charge in [0.1, 0.15) is 11.6 Å². The van der Waals surface area contributed by atoms with Gasteiger partial charge in [0.25, 0.3) is 0 Å². The van der Waals surface area contributed by atoms with Gasteiger partial charge in [0, 0.05) is 17.5 Å². The van der Waals surface area contributed by atoms with Crippen molar-refractivity contribution in [3.8, 4) is 0 Å². The predicted octanol–water partition coefficient (Wildman–Crippen LogP) is 2.13. The minimum Gasteiger partial charge on any atom is -0.349 e. The molecule has 1 rings (SSSR count). The summed E-state index contributed by atoms with van der Waals surface area (Å²) < 4.78 is 26.2. The fourth-order valence-corrected chi connectivity index (χ4v) is 1.67. The van der Waals surface area contributed by atoms with Crippen LogP contribution in [0.25, 0.3) is 0 Å². The lowest BCUT2D eigenvalue weighted by Gasteiger charge is -2.18. The van der Waals surface area contributed by atoms with Crippen LogP contribution in [0.2, 0.25) is 0 Å². The zero-order valence-electron chi connectivity index (χ0n) is 10.5. The summed E-state index contributed by atoms with van der Waals surface area (Å²) >= 11 is 0. The molecular formula is C13H18F2N2O. The molecule has 2 atom stereocenters. The highest BCUT2D eigenvalue weighted by Crippen LogP contribution is 2.18. The van der Waals surface area contributed by atoms with Gasteiger partial charge in [-0.05, 0) is 26.0 Å². The lowest BCUT2D eigenvalue weighted by atomic mass is 10.0. The number of hydrogen-bond donors (Lipinski definition) is 2. The summed E-state index contributed by atoms with van der Waals surface area (Å²) in [4.78, 5) is 11.7. The van der Waals surface area contributed by atoms with Gasteiger partial charge in [-0.15, -0.1) is 0 Å². The van der Waals surface area contributed by atoms with Crippen LogP contribution in [-0.4, -0.2) is 12.5 Å². The molecule has 0 spiro atoms. The summed E-state index contributed by atoms with van der Waals surface area (Å²) in [6, 6.07) is 2.81. The molecule has 5 heteroatoms. The summed E-state index contributed by atoms with van der Waals surface area (Å²) in [5.74, 6) is -1.70. The molecular weight excluding hydrogens is 238 g/mol. The van der Waals surface area contributed by atoms with Crippen molar-refractivity contribution in [3.63, 3.8) is 0 Å². The SMILES string of the molecule is CC(CCN)C(=O)NC(C)c1ccc(F)cc1F. The number of carbonyl (C=O) groups is 1. The molecule has 100 valence electrons. The van der Waals surface area contributed by atoms with E-state index in [1.54, 1.807) is 13.8 Å². The Morgan fingerprint density at radius 2 is 2.06 bits per heavy atom. The third-order valence-corrected chi connectivity index (χ3v) is 2.84. The first kappa shape index (κ1) is 14.6. The van der Waals surface area contributed by atoms with E-state index in [4.69, 9.17) is 5.73 Å². The van der Waals surface area contributed by atoms with Crippen LogP contribution in [0, 0.1) is 17.6 Å². The fourth-order valence-electron chi connectivity index (χ4n) is 1.67. The van der Waals surface area contributed by atoms with Crippen LogP contribution in [-0.2, 0) is 4.79 Å². The Morgan fingerprint density at radius 3 is 2.61 bits per heavy atom. The molecule has 0 saturated carbocycles. The molecule has 0 radical (unpaired) electrons. The van der Waals surface area contributed by atoms with Crippen LogP contribution < -0.4 is 11.1 Å². The minimum absolute atomic E-state index is 0.184. The van der Waals surface area contributed by atoms with Crippen molar-refractivity contribution >= 4 is 5.91 Å². The Kier molecular flexibility index (Phi) is 5.22. The largest absolute Gasteiger partial charge is 0.349 e. The third kappa shape index (κ3) is 3.77. The van der Waals surface area contributed by atoms with Crippen molar-refractivity contribution in [3.05, 3.63) is 35.4 Å². The first-order valence-corrected chi connectivity index (χ1v) is 5.91. The van der Waals surface area contributed by atoms with Gasteiger partial charge in [0.2, 0.25) is 5.91 Å². The van der Waals surface area contributed by atoms with E-state index in [1.807, 2.05) is 0 Å². The van der Waals surface area contributed by atoms with E-state index in [0.29, 0.717) is 13.0 Å². The average Bonchev–Trinajstić information content (AvgIpc) is 2.28. The van der Waals surface area contributed by atoms with Crippen molar-refractivity contribution in [2.45, 2.75) is 26.3 Å². The molecule has 0 bridgehead atoms. The molecule has 18 heavy (non-hydrogen) atoms. The molecule has 0 aromatic heterocycles. The Hall–Kier alpha value is -1.49. The maximum Gasteiger partial charge on any atom is 0.223 e. The Bertz CT molecular complexity index is 423. The molecule has 2 unspecified atom stereocenters. The third-order valence-electron chi connectivity index (χ3n) is 2.84. The van der Waals surface area contributed by atoms with Gasteiger partial charge in [-0.25, -0.2) is 8.78 Å². The van der Waals surface area contributed by atoms with Crippen molar-refractivity contribution in [1.29, 1.82) is 0 Å². The number of carbonyl (C=O) groups excluding carboxylic acids is 1. The maximum absolute atomic E-state index is 13.5. The van der Waals surface area contributed by atoms with Gasteiger partial charge >= 0.3 is 0 Å².